The predicted octanol–water partition coefficient (Wildman–Crippen LogP) is 2.34. The first kappa shape index (κ1) is 15.0. The Labute approximate surface area is 123 Å². The largest absolute Gasteiger partial charge is 0.379 e. The average molecular weight is 288 g/mol. The first-order valence-corrected chi connectivity index (χ1v) is 6.95. The Bertz CT molecular complexity index is 604. The van der Waals surface area contributed by atoms with Gasteiger partial charge in [-0.2, -0.15) is 0 Å². The van der Waals surface area contributed by atoms with Crippen molar-refractivity contribution in [3.8, 4) is 0 Å². The van der Waals surface area contributed by atoms with Crippen LogP contribution in [0.2, 0.25) is 0 Å². The molecule has 2 aromatic rings. The number of nitrogen functional groups attached to an aromatic ring is 1. The molecule has 1 heterocycles. The van der Waals surface area contributed by atoms with E-state index in [0.29, 0.717) is 5.92 Å². The highest BCUT2D eigenvalue weighted by molar-refractivity contribution is 5.96. The van der Waals surface area contributed by atoms with Gasteiger partial charge in [-0.3, -0.25) is 4.79 Å². The molecule has 1 aromatic heterocycles. The van der Waals surface area contributed by atoms with Crippen molar-refractivity contribution in [1.29, 1.82) is 0 Å². The Morgan fingerprint density at radius 2 is 1.90 bits per heavy atom. The Kier molecular flexibility index (Phi) is 4.57. The number of nitrogens with zero attached hydrogens (tertiary/aromatic N) is 2. The number of amides is 1. The average Bonchev–Trinajstić information content (AvgIpc) is 2.85. The Hall–Kier alpha value is -2.37. The fourth-order valence-corrected chi connectivity index (χ4v) is 2.12. The van der Waals surface area contributed by atoms with E-state index < -0.39 is 5.91 Å². The first-order valence-electron chi connectivity index (χ1n) is 6.95. The van der Waals surface area contributed by atoms with Crippen LogP contribution in [0.25, 0.3) is 0 Å². The smallest absolute Gasteiger partial charge is 0.277 e. The van der Waals surface area contributed by atoms with E-state index >= 15 is 0 Å². The molecule has 21 heavy (non-hydrogen) atoms. The third kappa shape index (κ3) is 3.81. The minimum absolute atomic E-state index is 0.00742. The molecule has 1 atom stereocenters. The van der Waals surface area contributed by atoms with Crippen LogP contribution in [0.5, 0.6) is 0 Å². The van der Waals surface area contributed by atoms with Crippen LogP contribution in [0.1, 0.15) is 48.4 Å². The van der Waals surface area contributed by atoms with Crippen LogP contribution in [-0.4, -0.2) is 16.2 Å². The Balaban J connectivity index is 2.01. The second kappa shape index (κ2) is 6.39. The van der Waals surface area contributed by atoms with Crippen molar-refractivity contribution in [2.24, 2.45) is 5.92 Å². The maximum Gasteiger partial charge on any atom is 0.277 e. The normalized spacial score (nSPS) is 12.4. The number of rotatable bonds is 5. The zero-order valence-corrected chi connectivity index (χ0v) is 12.5. The molecule has 6 nitrogen and oxygen atoms in total. The van der Waals surface area contributed by atoms with Crippen molar-refractivity contribution >= 4 is 11.7 Å². The molecule has 0 aliphatic rings. The third-order valence-corrected chi connectivity index (χ3v) is 3.20. The van der Waals surface area contributed by atoms with Crippen molar-refractivity contribution < 1.29 is 9.42 Å². The van der Waals surface area contributed by atoms with Crippen LogP contribution in [0.4, 0.5) is 5.82 Å². The highest BCUT2D eigenvalue weighted by Gasteiger charge is 2.18. The van der Waals surface area contributed by atoms with E-state index in [0.717, 1.165) is 12.0 Å². The van der Waals surface area contributed by atoms with Gasteiger partial charge in [0, 0.05) is 0 Å². The fraction of sp³-hybridized carbons (Fsp3) is 0.400. The lowest BCUT2D eigenvalue weighted by Gasteiger charge is -2.14. The zero-order valence-electron chi connectivity index (χ0n) is 12.5. The van der Waals surface area contributed by atoms with Gasteiger partial charge in [0.1, 0.15) is 0 Å². The molecule has 112 valence electrons. The summed E-state index contributed by atoms with van der Waals surface area (Å²) in [7, 11) is 0. The molecule has 1 amide bonds. The van der Waals surface area contributed by atoms with Crippen molar-refractivity contribution in [3.63, 3.8) is 0 Å². The van der Waals surface area contributed by atoms with E-state index in [1.807, 2.05) is 19.1 Å². The van der Waals surface area contributed by atoms with Gasteiger partial charge in [-0.05, 0) is 40.7 Å². The van der Waals surface area contributed by atoms with Crippen molar-refractivity contribution in [2.75, 3.05) is 5.73 Å². The summed E-state index contributed by atoms with van der Waals surface area (Å²) in [6.07, 6.45) is 1.04. The summed E-state index contributed by atoms with van der Waals surface area (Å²) in [6, 6.07) is 8.07. The maximum atomic E-state index is 12.0. The number of aromatic nitrogens is 2. The highest BCUT2D eigenvalue weighted by atomic mass is 16.6. The second-order valence-corrected chi connectivity index (χ2v) is 5.53. The van der Waals surface area contributed by atoms with Crippen molar-refractivity contribution in [3.05, 3.63) is 41.1 Å². The van der Waals surface area contributed by atoms with E-state index in [-0.39, 0.29) is 17.6 Å². The standard InChI is InChI=1S/C15H20N4O2/c1-9(2)8-11-4-6-12(7-5-11)10(3)17-15(20)13-14(16)19-21-18-13/h4-7,9-10H,8H2,1-3H3,(H2,16,19)(H,17,20). The van der Waals surface area contributed by atoms with Crippen LogP contribution in [0.3, 0.4) is 0 Å². The summed E-state index contributed by atoms with van der Waals surface area (Å²) >= 11 is 0. The number of nitrogens with one attached hydrogen (secondary N) is 1. The van der Waals surface area contributed by atoms with Crippen LogP contribution in [0.15, 0.2) is 28.9 Å². The summed E-state index contributed by atoms with van der Waals surface area (Å²) < 4.78 is 4.42. The lowest BCUT2D eigenvalue weighted by atomic mass is 10.00. The van der Waals surface area contributed by atoms with Crippen LogP contribution >= 0.6 is 0 Å². The second-order valence-electron chi connectivity index (χ2n) is 5.53. The molecule has 3 N–H and O–H groups in total. The summed E-state index contributed by atoms with van der Waals surface area (Å²) in [5.74, 6) is 0.218. The van der Waals surface area contributed by atoms with Gasteiger partial charge in [-0.15, -0.1) is 0 Å². The number of anilines is 1. The number of hydrogen-bond acceptors (Lipinski definition) is 5. The molecular weight excluding hydrogens is 268 g/mol. The molecule has 1 unspecified atom stereocenters. The van der Waals surface area contributed by atoms with Gasteiger partial charge >= 0.3 is 0 Å². The number of hydrogen-bond donors (Lipinski definition) is 2. The third-order valence-electron chi connectivity index (χ3n) is 3.20. The molecule has 0 saturated carbocycles. The lowest BCUT2D eigenvalue weighted by Crippen LogP contribution is -2.27. The number of benzene rings is 1. The molecule has 0 fully saturated rings. The SMILES string of the molecule is CC(C)Cc1ccc(C(C)NC(=O)c2nonc2N)cc1. The molecule has 0 bridgehead atoms. The minimum atomic E-state index is -0.396. The van der Waals surface area contributed by atoms with Crippen molar-refractivity contribution in [2.45, 2.75) is 33.2 Å². The van der Waals surface area contributed by atoms with Gasteiger partial charge < -0.3 is 11.1 Å². The topological polar surface area (TPSA) is 94.0 Å². The molecule has 0 aliphatic heterocycles. The van der Waals surface area contributed by atoms with Gasteiger partial charge in [-0.25, -0.2) is 4.63 Å². The Morgan fingerprint density at radius 1 is 1.24 bits per heavy atom. The van der Waals surface area contributed by atoms with E-state index in [2.05, 4.69) is 46.2 Å². The predicted molar refractivity (Wildman–Crippen MR) is 79.6 cm³/mol. The minimum Gasteiger partial charge on any atom is -0.379 e. The molecule has 0 spiro atoms. The van der Waals surface area contributed by atoms with E-state index in [1.165, 1.54) is 5.56 Å². The first-order chi connectivity index (χ1) is 9.97. The summed E-state index contributed by atoms with van der Waals surface area (Å²) in [5.41, 5.74) is 7.81. The van der Waals surface area contributed by atoms with Crippen LogP contribution in [-0.2, 0) is 6.42 Å². The lowest BCUT2D eigenvalue weighted by molar-refractivity contribution is 0.0930. The quantitative estimate of drug-likeness (QED) is 0.880. The molecule has 1 aromatic carbocycles. The molecule has 6 heteroatoms. The summed E-state index contributed by atoms with van der Waals surface area (Å²) in [6.45, 7) is 6.28. The maximum absolute atomic E-state index is 12.0. The van der Waals surface area contributed by atoms with E-state index in [4.69, 9.17) is 5.73 Å². The molecule has 0 aliphatic carbocycles. The van der Waals surface area contributed by atoms with Crippen LogP contribution in [0, 0.1) is 5.92 Å². The molecular formula is C15H20N4O2. The molecule has 0 radical (unpaired) electrons. The van der Waals surface area contributed by atoms with Gasteiger partial charge in [0.2, 0.25) is 11.5 Å². The van der Waals surface area contributed by atoms with Crippen molar-refractivity contribution in [1.82, 2.24) is 15.6 Å². The highest BCUT2D eigenvalue weighted by Crippen LogP contribution is 2.16. The molecule has 2 rings (SSSR count). The van der Waals surface area contributed by atoms with E-state index in [1.54, 1.807) is 0 Å². The number of carbonyl (C=O) groups excluding carboxylic acids is 1. The van der Waals surface area contributed by atoms with Gasteiger partial charge in [0.25, 0.3) is 5.91 Å². The van der Waals surface area contributed by atoms with Gasteiger partial charge in [-0.1, -0.05) is 38.1 Å². The monoisotopic (exact) mass is 288 g/mol. The Morgan fingerprint density at radius 3 is 2.43 bits per heavy atom. The molecule has 0 saturated heterocycles. The van der Waals surface area contributed by atoms with Crippen LogP contribution < -0.4 is 11.1 Å². The van der Waals surface area contributed by atoms with E-state index in [9.17, 15) is 4.79 Å². The number of nitrogens with two attached hydrogens (primary N) is 1. The van der Waals surface area contributed by atoms with Gasteiger partial charge in [0.05, 0.1) is 6.04 Å². The number of carbonyl (C=O) groups is 1. The zero-order chi connectivity index (χ0) is 15.4. The summed E-state index contributed by atoms with van der Waals surface area (Å²) in [4.78, 5) is 12.0. The summed E-state index contributed by atoms with van der Waals surface area (Å²) in [5, 5.41) is 9.69. The fourth-order valence-electron chi connectivity index (χ4n) is 2.12. The van der Waals surface area contributed by atoms with Gasteiger partial charge in [0.15, 0.2) is 0 Å².